The van der Waals surface area contributed by atoms with E-state index in [9.17, 15) is 8.42 Å². The predicted molar refractivity (Wildman–Crippen MR) is 74.6 cm³/mol. The van der Waals surface area contributed by atoms with Gasteiger partial charge in [-0.25, -0.2) is 8.42 Å². The Labute approximate surface area is 111 Å². The van der Waals surface area contributed by atoms with Gasteiger partial charge in [-0.05, 0) is 39.7 Å². The highest BCUT2D eigenvalue weighted by Gasteiger charge is 2.34. The first kappa shape index (κ1) is 15.9. The van der Waals surface area contributed by atoms with E-state index in [0.717, 1.165) is 25.8 Å². The van der Waals surface area contributed by atoms with E-state index in [1.807, 2.05) is 6.92 Å². The number of hydrogen-bond donors (Lipinski definition) is 1. The zero-order chi connectivity index (χ0) is 13.6. The zero-order valence-electron chi connectivity index (χ0n) is 11.8. The molecule has 0 aliphatic carbocycles. The lowest BCUT2D eigenvalue weighted by Crippen LogP contribution is -2.30. The van der Waals surface area contributed by atoms with Gasteiger partial charge >= 0.3 is 0 Å². The number of ether oxygens (including phenoxy) is 1. The quantitative estimate of drug-likeness (QED) is 0.687. The summed E-state index contributed by atoms with van der Waals surface area (Å²) in [5, 5.41) is 3.06. The van der Waals surface area contributed by atoms with Gasteiger partial charge in [-0.15, -0.1) is 0 Å². The highest BCUT2D eigenvalue weighted by Crippen LogP contribution is 2.22. The Bertz CT molecular complexity index is 329. The maximum atomic E-state index is 12.1. The molecule has 1 aliphatic heterocycles. The first-order valence-electron chi connectivity index (χ1n) is 7.04. The molecule has 5 heteroatoms. The monoisotopic (exact) mass is 277 g/mol. The Morgan fingerprint density at radius 1 is 1.39 bits per heavy atom. The molecule has 1 heterocycles. The van der Waals surface area contributed by atoms with Crippen LogP contribution in [-0.4, -0.2) is 44.7 Å². The van der Waals surface area contributed by atoms with Crippen LogP contribution in [0.25, 0.3) is 0 Å². The van der Waals surface area contributed by atoms with Crippen LogP contribution in [0.4, 0.5) is 0 Å². The molecule has 0 aromatic carbocycles. The molecule has 1 rings (SSSR count). The van der Waals surface area contributed by atoms with Gasteiger partial charge in [0.25, 0.3) is 0 Å². The van der Waals surface area contributed by atoms with Gasteiger partial charge in [0.15, 0.2) is 9.84 Å². The van der Waals surface area contributed by atoms with Crippen LogP contribution < -0.4 is 5.32 Å². The van der Waals surface area contributed by atoms with Crippen LogP contribution in [-0.2, 0) is 14.6 Å². The summed E-state index contributed by atoms with van der Waals surface area (Å²) in [5.41, 5.74) is 0. The molecule has 4 nitrogen and oxygen atoms in total. The summed E-state index contributed by atoms with van der Waals surface area (Å²) >= 11 is 0. The molecular formula is C13H27NO3S. The second kappa shape index (κ2) is 7.46. The van der Waals surface area contributed by atoms with Crippen molar-refractivity contribution in [1.29, 1.82) is 0 Å². The lowest BCUT2D eigenvalue weighted by atomic mass is 10.1. The Kier molecular flexibility index (Phi) is 6.60. The summed E-state index contributed by atoms with van der Waals surface area (Å²) in [5.74, 6) is 0.310. The molecule has 3 atom stereocenters. The highest BCUT2D eigenvalue weighted by molar-refractivity contribution is 7.92. The minimum Gasteiger partial charge on any atom is -0.377 e. The first-order valence-corrected chi connectivity index (χ1v) is 8.75. The Balaban J connectivity index is 2.25. The van der Waals surface area contributed by atoms with Crippen LogP contribution in [0, 0.1) is 0 Å². The molecule has 3 unspecified atom stereocenters. The van der Waals surface area contributed by atoms with Crippen molar-refractivity contribution in [2.75, 3.05) is 18.9 Å². The third kappa shape index (κ3) is 4.86. The van der Waals surface area contributed by atoms with Crippen molar-refractivity contribution < 1.29 is 13.2 Å². The van der Waals surface area contributed by atoms with Crippen molar-refractivity contribution in [2.24, 2.45) is 0 Å². The molecule has 1 N–H and O–H groups in total. The average molecular weight is 277 g/mol. The van der Waals surface area contributed by atoms with Crippen LogP contribution in [0.3, 0.4) is 0 Å². The number of nitrogens with one attached hydrogen (secondary N) is 1. The SMILES string of the molecule is CCNC(C)CCCCS(=O)(=O)C1CCOC1C. The van der Waals surface area contributed by atoms with Gasteiger partial charge in [-0.2, -0.15) is 0 Å². The largest absolute Gasteiger partial charge is 0.377 e. The third-order valence-corrected chi connectivity index (χ3v) is 6.04. The van der Waals surface area contributed by atoms with Gasteiger partial charge in [0.05, 0.1) is 17.1 Å². The van der Waals surface area contributed by atoms with Crippen LogP contribution in [0.15, 0.2) is 0 Å². The van der Waals surface area contributed by atoms with E-state index in [4.69, 9.17) is 4.74 Å². The first-order chi connectivity index (χ1) is 8.47. The fourth-order valence-electron chi connectivity index (χ4n) is 2.54. The fraction of sp³-hybridized carbons (Fsp3) is 1.00. The molecule has 1 fully saturated rings. The van der Waals surface area contributed by atoms with Gasteiger partial charge in [0, 0.05) is 12.6 Å². The minimum absolute atomic E-state index is 0.129. The van der Waals surface area contributed by atoms with E-state index >= 15 is 0 Å². The van der Waals surface area contributed by atoms with Gasteiger partial charge < -0.3 is 10.1 Å². The van der Waals surface area contributed by atoms with Crippen LogP contribution >= 0.6 is 0 Å². The summed E-state index contributed by atoms with van der Waals surface area (Å²) in [6, 6.07) is 0.478. The van der Waals surface area contributed by atoms with Crippen molar-refractivity contribution in [1.82, 2.24) is 5.32 Å². The smallest absolute Gasteiger partial charge is 0.155 e. The van der Waals surface area contributed by atoms with Crippen LogP contribution in [0.1, 0.15) is 46.5 Å². The van der Waals surface area contributed by atoms with Crippen molar-refractivity contribution >= 4 is 9.84 Å². The summed E-state index contributed by atoms with van der Waals surface area (Å²) in [6.07, 6.45) is 3.31. The van der Waals surface area contributed by atoms with Gasteiger partial charge in [0.2, 0.25) is 0 Å². The van der Waals surface area contributed by atoms with Gasteiger partial charge in [0.1, 0.15) is 0 Å². The van der Waals surface area contributed by atoms with Gasteiger partial charge in [-0.3, -0.25) is 0 Å². The lowest BCUT2D eigenvalue weighted by Gasteiger charge is -2.15. The van der Waals surface area contributed by atoms with Crippen molar-refractivity contribution in [3.8, 4) is 0 Å². The second-order valence-corrected chi connectivity index (χ2v) is 7.56. The Morgan fingerprint density at radius 2 is 2.11 bits per heavy atom. The predicted octanol–water partition coefficient (Wildman–Crippen LogP) is 1.75. The molecule has 0 spiro atoms. The number of hydrogen-bond acceptors (Lipinski definition) is 4. The molecule has 0 aromatic rings. The molecule has 1 saturated heterocycles. The summed E-state index contributed by atoms with van der Waals surface area (Å²) < 4.78 is 29.6. The lowest BCUT2D eigenvalue weighted by molar-refractivity contribution is 0.126. The van der Waals surface area contributed by atoms with Gasteiger partial charge in [-0.1, -0.05) is 13.3 Å². The normalized spacial score (nSPS) is 26.4. The van der Waals surface area contributed by atoms with Crippen LogP contribution in [0.5, 0.6) is 0 Å². The maximum absolute atomic E-state index is 12.1. The van der Waals surface area contributed by atoms with E-state index < -0.39 is 9.84 Å². The maximum Gasteiger partial charge on any atom is 0.155 e. The molecular weight excluding hydrogens is 250 g/mol. The molecule has 108 valence electrons. The molecule has 1 aliphatic rings. The average Bonchev–Trinajstić information content (AvgIpc) is 2.72. The number of unbranched alkanes of at least 4 members (excludes halogenated alkanes) is 1. The summed E-state index contributed by atoms with van der Waals surface area (Å²) in [4.78, 5) is 0. The topological polar surface area (TPSA) is 55.4 Å². The number of sulfone groups is 1. The molecule has 0 amide bonds. The van der Waals surface area contributed by atoms with E-state index in [2.05, 4.69) is 19.2 Å². The summed E-state index contributed by atoms with van der Waals surface area (Å²) in [6.45, 7) is 7.65. The zero-order valence-corrected chi connectivity index (χ0v) is 12.6. The van der Waals surface area contributed by atoms with Crippen molar-refractivity contribution in [3.63, 3.8) is 0 Å². The standard InChI is InChI=1S/C13H27NO3S/c1-4-14-11(2)7-5-6-10-18(15,16)13-8-9-17-12(13)3/h11-14H,4-10H2,1-3H3. The molecule has 0 radical (unpaired) electrons. The molecule has 18 heavy (non-hydrogen) atoms. The van der Waals surface area contributed by atoms with Crippen LogP contribution in [0.2, 0.25) is 0 Å². The second-order valence-electron chi connectivity index (χ2n) is 5.22. The number of rotatable bonds is 8. The Morgan fingerprint density at radius 3 is 2.67 bits per heavy atom. The van der Waals surface area contributed by atoms with E-state index in [1.165, 1.54) is 0 Å². The van der Waals surface area contributed by atoms with Crippen molar-refractivity contribution in [3.05, 3.63) is 0 Å². The van der Waals surface area contributed by atoms with E-state index in [-0.39, 0.29) is 11.4 Å². The highest BCUT2D eigenvalue weighted by atomic mass is 32.2. The molecule has 0 bridgehead atoms. The molecule has 0 saturated carbocycles. The molecule has 0 aromatic heterocycles. The summed E-state index contributed by atoms with van der Waals surface area (Å²) in [7, 11) is -2.96. The fourth-order valence-corrected chi connectivity index (χ4v) is 4.57. The van der Waals surface area contributed by atoms with E-state index in [0.29, 0.717) is 24.8 Å². The van der Waals surface area contributed by atoms with Crippen molar-refractivity contribution in [2.45, 2.75) is 63.9 Å². The third-order valence-electron chi connectivity index (χ3n) is 3.64. The van der Waals surface area contributed by atoms with E-state index in [1.54, 1.807) is 0 Å². The minimum atomic E-state index is -2.96. The Hall–Kier alpha value is -0.130.